The largest absolute Gasteiger partial charge is 0.494 e. The van der Waals surface area contributed by atoms with Gasteiger partial charge in [0.2, 0.25) is 0 Å². The number of nitrogens with one attached hydrogen (secondary N) is 3. The van der Waals surface area contributed by atoms with Crippen molar-refractivity contribution in [1.29, 1.82) is 0 Å². The molecule has 1 fully saturated rings. The Morgan fingerprint density at radius 2 is 1.67 bits per heavy atom. The second-order valence-electron chi connectivity index (χ2n) is 7.53. The van der Waals surface area contributed by atoms with Crippen LogP contribution in [0.25, 0.3) is 0 Å². The molecule has 0 spiro atoms. The lowest BCUT2D eigenvalue weighted by atomic mass is 10.1. The number of ether oxygens (including phenoxy) is 3. The summed E-state index contributed by atoms with van der Waals surface area (Å²) in [4.78, 5) is 14.7. The number of nitrogens with zero attached hydrogens (tertiary/aromatic N) is 1. The number of hydrogen-bond donors (Lipinski definition) is 3. The fourth-order valence-electron chi connectivity index (χ4n) is 3.28. The summed E-state index contributed by atoms with van der Waals surface area (Å²) in [6.07, 6.45) is 0.968. The van der Waals surface area contributed by atoms with Gasteiger partial charge in [0.15, 0.2) is 5.11 Å². The van der Waals surface area contributed by atoms with Crippen molar-refractivity contribution < 1.29 is 19.0 Å². The normalized spacial score (nSPS) is 13.7. The Kier molecular flexibility index (Phi) is 10.2. The molecule has 0 saturated carbocycles. The predicted octanol–water partition coefficient (Wildman–Crippen LogP) is 2.50. The van der Waals surface area contributed by atoms with Crippen molar-refractivity contribution >= 4 is 23.2 Å². The maximum atomic E-state index is 12.3. The van der Waals surface area contributed by atoms with Gasteiger partial charge in [-0.15, -0.1) is 0 Å². The Morgan fingerprint density at radius 1 is 1.00 bits per heavy atom. The summed E-state index contributed by atoms with van der Waals surface area (Å²) in [5, 5.41) is 3.50. The van der Waals surface area contributed by atoms with Crippen LogP contribution in [0.5, 0.6) is 11.5 Å². The molecule has 0 aliphatic carbocycles. The standard InChI is InChI=1S/C24H32N4O4S/c1-2-31-21-8-10-22(11-9-21)32-18-19-4-6-20(7-5-19)23(29)26-27-24(33)25-12-3-13-28-14-16-30-17-15-28/h4-11H,2-3,12-18H2,1H3,(H,26,29)(H2,25,27,33). The van der Waals surface area contributed by atoms with E-state index in [2.05, 4.69) is 21.1 Å². The molecule has 2 aromatic carbocycles. The van der Waals surface area contributed by atoms with E-state index in [-0.39, 0.29) is 5.91 Å². The molecule has 0 atom stereocenters. The van der Waals surface area contributed by atoms with Crippen molar-refractivity contribution in [2.75, 3.05) is 46.0 Å². The molecule has 1 aliphatic rings. The van der Waals surface area contributed by atoms with Crippen molar-refractivity contribution in [3.05, 3.63) is 59.7 Å². The van der Waals surface area contributed by atoms with Gasteiger partial charge in [0.05, 0.1) is 19.8 Å². The van der Waals surface area contributed by atoms with Crippen LogP contribution in [0, 0.1) is 0 Å². The first kappa shape index (κ1) is 24.8. The van der Waals surface area contributed by atoms with Crippen molar-refractivity contribution in [2.24, 2.45) is 0 Å². The molecule has 0 radical (unpaired) electrons. The molecule has 1 heterocycles. The van der Waals surface area contributed by atoms with E-state index in [1.807, 2.05) is 43.3 Å². The van der Waals surface area contributed by atoms with Gasteiger partial charge in [0.1, 0.15) is 18.1 Å². The lowest BCUT2D eigenvalue weighted by Gasteiger charge is -2.26. The zero-order chi connectivity index (χ0) is 23.3. The van der Waals surface area contributed by atoms with Gasteiger partial charge >= 0.3 is 0 Å². The second kappa shape index (κ2) is 13.6. The molecular weight excluding hydrogens is 440 g/mol. The highest BCUT2D eigenvalue weighted by Gasteiger charge is 2.10. The average molecular weight is 473 g/mol. The number of rotatable bonds is 10. The highest BCUT2D eigenvalue weighted by molar-refractivity contribution is 7.80. The van der Waals surface area contributed by atoms with E-state index in [0.29, 0.717) is 23.9 Å². The first-order valence-corrected chi connectivity index (χ1v) is 11.6. The van der Waals surface area contributed by atoms with E-state index in [1.165, 1.54) is 0 Å². The summed E-state index contributed by atoms with van der Waals surface area (Å²) in [6.45, 7) is 8.29. The average Bonchev–Trinajstić information content (AvgIpc) is 2.86. The Bertz CT molecular complexity index is 871. The van der Waals surface area contributed by atoms with Crippen molar-refractivity contribution in [2.45, 2.75) is 20.0 Å². The smallest absolute Gasteiger partial charge is 0.269 e. The van der Waals surface area contributed by atoms with Gasteiger partial charge in [-0.2, -0.15) is 0 Å². The van der Waals surface area contributed by atoms with E-state index in [9.17, 15) is 4.79 Å². The molecule has 2 aromatic rings. The maximum absolute atomic E-state index is 12.3. The number of carbonyl (C=O) groups excluding carboxylic acids is 1. The van der Waals surface area contributed by atoms with Gasteiger partial charge in [-0.05, 0) is 74.1 Å². The molecule has 0 aromatic heterocycles. The van der Waals surface area contributed by atoms with E-state index >= 15 is 0 Å². The van der Waals surface area contributed by atoms with Crippen molar-refractivity contribution in [3.8, 4) is 11.5 Å². The lowest BCUT2D eigenvalue weighted by molar-refractivity contribution is 0.0376. The molecule has 178 valence electrons. The summed E-state index contributed by atoms with van der Waals surface area (Å²) < 4.78 is 16.6. The Hall–Kier alpha value is -2.88. The van der Waals surface area contributed by atoms with Gasteiger partial charge < -0.3 is 19.5 Å². The zero-order valence-electron chi connectivity index (χ0n) is 19.0. The fourth-order valence-corrected chi connectivity index (χ4v) is 3.43. The van der Waals surface area contributed by atoms with E-state index in [4.69, 9.17) is 26.4 Å². The van der Waals surface area contributed by atoms with E-state index in [1.54, 1.807) is 12.1 Å². The number of hydrazine groups is 1. The van der Waals surface area contributed by atoms with Crippen LogP contribution >= 0.6 is 12.2 Å². The number of morpholine rings is 1. The zero-order valence-corrected chi connectivity index (χ0v) is 19.8. The third kappa shape index (κ3) is 8.88. The molecule has 8 nitrogen and oxygen atoms in total. The summed E-state index contributed by atoms with van der Waals surface area (Å²) in [7, 11) is 0. The molecule has 3 rings (SSSR count). The molecule has 0 bridgehead atoms. The van der Waals surface area contributed by atoms with E-state index < -0.39 is 0 Å². The molecule has 1 aliphatic heterocycles. The summed E-state index contributed by atoms with van der Waals surface area (Å²) in [5.41, 5.74) is 6.86. The van der Waals surface area contributed by atoms with Crippen LogP contribution in [0.2, 0.25) is 0 Å². The summed E-state index contributed by atoms with van der Waals surface area (Å²) in [6, 6.07) is 14.7. The molecule has 9 heteroatoms. The Labute approximate surface area is 200 Å². The van der Waals surface area contributed by atoms with Crippen LogP contribution < -0.4 is 25.6 Å². The first-order valence-electron chi connectivity index (χ1n) is 11.2. The highest BCUT2D eigenvalue weighted by atomic mass is 32.1. The van der Waals surface area contributed by atoms with Crippen LogP contribution in [-0.4, -0.2) is 61.9 Å². The number of thiocarbonyl (C=S) groups is 1. The van der Waals surface area contributed by atoms with Crippen LogP contribution in [0.3, 0.4) is 0 Å². The molecule has 1 amide bonds. The van der Waals surface area contributed by atoms with Crippen LogP contribution in [0.1, 0.15) is 29.3 Å². The van der Waals surface area contributed by atoms with Crippen LogP contribution in [0.15, 0.2) is 48.5 Å². The molecular formula is C24H32N4O4S. The minimum Gasteiger partial charge on any atom is -0.494 e. The number of amides is 1. The van der Waals surface area contributed by atoms with Gasteiger partial charge in [0.25, 0.3) is 5.91 Å². The summed E-state index contributed by atoms with van der Waals surface area (Å²) >= 11 is 5.22. The first-order chi connectivity index (χ1) is 16.1. The predicted molar refractivity (Wildman–Crippen MR) is 131 cm³/mol. The third-order valence-corrected chi connectivity index (χ3v) is 5.33. The Balaban J connectivity index is 1.32. The minimum absolute atomic E-state index is 0.258. The maximum Gasteiger partial charge on any atom is 0.269 e. The number of hydrogen-bond acceptors (Lipinski definition) is 6. The quantitative estimate of drug-likeness (QED) is 0.276. The molecule has 3 N–H and O–H groups in total. The minimum atomic E-state index is -0.258. The summed E-state index contributed by atoms with van der Waals surface area (Å²) in [5.74, 6) is 1.32. The lowest BCUT2D eigenvalue weighted by Crippen LogP contribution is -2.47. The fraction of sp³-hybridized carbons (Fsp3) is 0.417. The van der Waals surface area contributed by atoms with Crippen molar-refractivity contribution in [1.82, 2.24) is 21.1 Å². The van der Waals surface area contributed by atoms with Gasteiger partial charge in [-0.3, -0.25) is 20.5 Å². The molecule has 33 heavy (non-hydrogen) atoms. The molecule has 1 saturated heterocycles. The van der Waals surface area contributed by atoms with Crippen molar-refractivity contribution in [3.63, 3.8) is 0 Å². The monoisotopic (exact) mass is 472 g/mol. The topological polar surface area (TPSA) is 84.1 Å². The van der Waals surface area contributed by atoms with Crippen LogP contribution in [-0.2, 0) is 11.3 Å². The van der Waals surface area contributed by atoms with Gasteiger partial charge in [-0.1, -0.05) is 12.1 Å². The number of benzene rings is 2. The van der Waals surface area contributed by atoms with Gasteiger partial charge in [-0.25, -0.2) is 0 Å². The highest BCUT2D eigenvalue weighted by Crippen LogP contribution is 2.18. The molecule has 0 unspecified atom stereocenters. The Morgan fingerprint density at radius 3 is 2.33 bits per heavy atom. The third-order valence-electron chi connectivity index (χ3n) is 5.09. The van der Waals surface area contributed by atoms with Crippen LogP contribution in [0.4, 0.5) is 0 Å². The van der Waals surface area contributed by atoms with Gasteiger partial charge in [0, 0.05) is 25.2 Å². The second-order valence-corrected chi connectivity index (χ2v) is 7.94. The SMILES string of the molecule is CCOc1ccc(OCc2ccc(C(=O)NNC(=S)NCCCN3CCOCC3)cc2)cc1. The number of carbonyl (C=O) groups is 1. The van der Waals surface area contributed by atoms with E-state index in [0.717, 1.165) is 62.9 Å².